The van der Waals surface area contributed by atoms with Crippen molar-refractivity contribution in [2.24, 2.45) is 44.4 Å². The zero-order valence-corrected chi connectivity index (χ0v) is 33.0. The minimum absolute atomic E-state index is 0.0448. The number of rotatable bonds is 31. The molecule has 6 amide bonds. The van der Waals surface area contributed by atoms with Crippen LogP contribution in [0.25, 0.3) is 0 Å². The lowest BCUT2D eigenvalue weighted by Gasteiger charge is -2.27. The van der Waals surface area contributed by atoms with Crippen LogP contribution in [0.2, 0.25) is 0 Å². The zero-order valence-electron chi connectivity index (χ0n) is 32.1. The number of nitrogens with zero attached hydrogens (tertiary/aromatic N) is 2. The highest BCUT2D eigenvalue weighted by Crippen LogP contribution is 2.09. The van der Waals surface area contributed by atoms with Crippen molar-refractivity contribution in [2.45, 2.75) is 107 Å². The quantitative estimate of drug-likeness (QED) is 0.0176. The van der Waals surface area contributed by atoms with Gasteiger partial charge in [0, 0.05) is 32.4 Å². The summed E-state index contributed by atoms with van der Waals surface area (Å²) in [7, 11) is 0. The van der Waals surface area contributed by atoms with E-state index in [1.807, 2.05) is 0 Å². The minimum atomic E-state index is -1.69. The van der Waals surface area contributed by atoms with Gasteiger partial charge in [-0.1, -0.05) is 0 Å². The molecule has 0 rings (SSSR count). The molecular formula is C32H57N13O12S. The lowest BCUT2D eigenvalue weighted by Crippen LogP contribution is -2.59. The molecule has 0 heterocycles. The first-order valence-electron chi connectivity index (χ1n) is 18.0. The molecule has 0 radical (unpaired) electrons. The summed E-state index contributed by atoms with van der Waals surface area (Å²) in [5.74, 6) is -9.94. The third-order valence-electron chi connectivity index (χ3n) is 7.98. The van der Waals surface area contributed by atoms with Crippen molar-refractivity contribution in [1.29, 1.82) is 0 Å². The topological polar surface area (TPSA) is 455 Å². The Bertz CT molecular complexity index is 1490. The first-order valence-corrected chi connectivity index (χ1v) is 19.4. The van der Waals surface area contributed by atoms with E-state index in [4.69, 9.17) is 39.5 Å². The molecule has 0 bridgehead atoms. The number of hydrogen-bond donors (Lipinski definition) is 14. The Morgan fingerprint density at radius 1 is 0.517 bits per heavy atom. The molecular weight excluding hydrogens is 790 g/mol. The van der Waals surface area contributed by atoms with Crippen LogP contribution in [0.3, 0.4) is 0 Å². The van der Waals surface area contributed by atoms with Crippen LogP contribution in [0, 0.1) is 0 Å². The summed E-state index contributed by atoms with van der Waals surface area (Å²) in [4.78, 5) is 120. The SMILES string of the molecule is CSCC[C@@H](NC(=O)[C@H](CCC(N)=O)NC(=O)[C@H](CCCN=C(N)N)NC(=O)[C@@H](N)CCCN=C(N)N)C(=O)N[C@H](CCC(=O)O)C(=O)N[C@@H](CCC(=O)O)C(=O)O. The minimum Gasteiger partial charge on any atom is -0.481 e. The molecule has 0 saturated heterocycles. The van der Waals surface area contributed by atoms with Gasteiger partial charge in [-0.15, -0.1) is 0 Å². The molecule has 6 atom stereocenters. The number of carboxylic acids is 3. The number of amides is 6. The van der Waals surface area contributed by atoms with Gasteiger partial charge in [0.05, 0.1) is 6.04 Å². The molecule has 0 unspecified atom stereocenters. The van der Waals surface area contributed by atoms with Crippen molar-refractivity contribution in [3.63, 3.8) is 0 Å². The van der Waals surface area contributed by atoms with E-state index in [2.05, 4.69) is 36.6 Å². The Kier molecular flexibility index (Phi) is 25.6. The van der Waals surface area contributed by atoms with Crippen LogP contribution in [0.5, 0.6) is 0 Å². The number of thioether (sulfide) groups is 1. The lowest BCUT2D eigenvalue weighted by molar-refractivity contribution is -0.144. The summed E-state index contributed by atoms with van der Waals surface area (Å²) in [6.07, 6.45) is -0.867. The predicted octanol–water partition coefficient (Wildman–Crippen LogP) is -5.32. The number of carboxylic acid groups (broad SMARTS) is 3. The van der Waals surface area contributed by atoms with Crippen LogP contribution < -0.4 is 61.0 Å². The number of nitrogens with two attached hydrogens (primary N) is 6. The second-order valence-electron chi connectivity index (χ2n) is 12.8. The standard InChI is InChI=1S/C32H57N13O12S/c1-58-15-12-20(29(55)43-19(7-10-23(47)48)28(54)45-21(30(56)57)8-11-24(49)50)44-27(53)18(6-9-22(34)46)42-26(52)17(5-3-14-40-32(37)38)41-25(51)16(33)4-2-13-39-31(35)36/h16-21H,2-15,33H2,1H3,(H2,34,46)(H,41,51)(H,42,52)(H,43,55)(H,44,53)(H,45,54)(H,47,48)(H,49,50)(H,56,57)(H4,35,36,39)(H4,37,38,40)/t16-,17-,18-,19+,20+,21-/m0/s1. The van der Waals surface area contributed by atoms with E-state index in [9.17, 15) is 53.4 Å². The smallest absolute Gasteiger partial charge is 0.326 e. The first-order chi connectivity index (χ1) is 27.2. The van der Waals surface area contributed by atoms with Gasteiger partial charge in [-0.05, 0) is 63.4 Å². The van der Waals surface area contributed by atoms with Gasteiger partial charge >= 0.3 is 17.9 Å². The predicted molar refractivity (Wildman–Crippen MR) is 210 cm³/mol. The zero-order chi connectivity index (χ0) is 44.4. The monoisotopic (exact) mass is 847 g/mol. The number of aliphatic imine (C=N–C) groups is 2. The number of primary amides is 1. The number of carbonyl (C=O) groups excluding carboxylic acids is 6. The Balaban J connectivity index is 6.34. The maximum atomic E-state index is 13.7. The molecule has 58 heavy (non-hydrogen) atoms. The summed E-state index contributed by atoms with van der Waals surface area (Å²) >= 11 is 1.27. The number of carbonyl (C=O) groups is 9. The number of hydrogen-bond acceptors (Lipinski definition) is 13. The summed E-state index contributed by atoms with van der Waals surface area (Å²) in [5.41, 5.74) is 32.7. The maximum absolute atomic E-state index is 13.7. The molecule has 328 valence electrons. The van der Waals surface area contributed by atoms with Gasteiger partial charge in [0.1, 0.15) is 30.2 Å². The Morgan fingerprint density at radius 3 is 1.28 bits per heavy atom. The van der Waals surface area contributed by atoms with Crippen LogP contribution in [0.15, 0.2) is 9.98 Å². The van der Waals surface area contributed by atoms with Gasteiger partial charge in [0.25, 0.3) is 0 Å². The third kappa shape index (κ3) is 23.9. The van der Waals surface area contributed by atoms with E-state index in [1.165, 1.54) is 11.8 Å². The second kappa shape index (κ2) is 28.5. The average molecular weight is 848 g/mol. The van der Waals surface area contributed by atoms with E-state index in [0.717, 1.165) is 0 Å². The molecule has 20 N–H and O–H groups in total. The average Bonchev–Trinajstić information content (AvgIpc) is 3.13. The van der Waals surface area contributed by atoms with Crippen LogP contribution in [0.4, 0.5) is 0 Å². The Morgan fingerprint density at radius 2 is 0.879 bits per heavy atom. The van der Waals surface area contributed by atoms with Crippen molar-refractivity contribution in [3.8, 4) is 0 Å². The van der Waals surface area contributed by atoms with E-state index in [-0.39, 0.29) is 62.9 Å². The highest BCUT2D eigenvalue weighted by Gasteiger charge is 2.33. The molecule has 0 aromatic carbocycles. The van der Waals surface area contributed by atoms with Crippen molar-refractivity contribution >= 4 is 77.0 Å². The highest BCUT2D eigenvalue weighted by atomic mass is 32.2. The van der Waals surface area contributed by atoms with E-state index in [0.29, 0.717) is 6.42 Å². The van der Waals surface area contributed by atoms with Crippen LogP contribution in [-0.2, 0) is 43.2 Å². The Hall–Kier alpha value is -5.92. The Labute approximate surface area is 338 Å². The van der Waals surface area contributed by atoms with Gasteiger partial charge in [-0.3, -0.25) is 48.3 Å². The summed E-state index contributed by atoms with van der Waals surface area (Å²) < 4.78 is 0. The number of guanidine groups is 2. The maximum Gasteiger partial charge on any atom is 0.326 e. The van der Waals surface area contributed by atoms with Crippen LogP contribution in [0.1, 0.15) is 70.6 Å². The highest BCUT2D eigenvalue weighted by molar-refractivity contribution is 7.98. The van der Waals surface area contributed by atoms with Gasteiger partial charge in [0.15, 0.2) is 11.9 Å². The lowest BCUT2D eigenvalue weighted by atomic mass is 10.0. The second-order valence-corrected chi connectivity index (χ2v) is 13.8. The molecule has 25 nitrogen and oxygen atoms in total. The van der Waals surface area contributed by atoms with Gasteiger partial charge in [0.2, 0.25) is 35.4 Å². The van der Waals surface area contributed by atoms with Gasteiger partial charge < -0.3 is 76.3 Å². The largest absolute Gasteiger partial charge is 0.481 e. The fourth-order valence-electron chi connectivity index (χ4n) is 4.91. The van der Waals surface area contributed by atoms with E-state index in [1.54, 1.807) is 6.26 Å². The fraction of sp³-hybridized carbons (Fsp3) is 0.656. The van der Waals surface area contributed by atoms with Crippen molar-refractivity contribution in [1.82, 2.24) is 26.6 Å². The molecule has 0 aromatic rings. The number of aliphatic carboxylic acids is 3. The first kappa shape index (κ1) is 52.1. The summed E-state index contributed by atoms with van der Waals surface area (Å²) in [6.45, 7) is 0.253. The summed E-state index contributed by atoms with van der Waals surface area (Å²) in [5, 5.41) is 39.5. The van der Waals surface area contributed by atoms with E-state index < -0.39 is 122 Å². The van der Waals surface area contributed by atoms with Gasteiger partial charge in [-0.25, -0.2) is 4.79 Å². The fourth-order valence-corrected chi connectivity index (χ4v) is 5.38. The normalized spacial score (nSPS) is 13.8. The molecule has 0 aliphatic rings. The molecule has 0 fully saturated rings. The molecule has 0 saturated carbocycles. The molecule has 0 aromatic heterocycles. The van der Waals surface area contributed by atoms with Crippen molar-refractivity contribution in [3.05, 3.63) is 0 Å². The molecule has 0 aliphatic heterocycles. The van der Waals surface area contributed by atoms with Gasteiger partial charge in [-0.2, -0.15) is 11.8 Å². The van der Waals surface area contributed by atoms with Crippen LogP contribution >= 0.6 is 11.8 Å². The third-order valence-corrected chi connectivity index (χ3v) is 8.62. The number of nitrogens with one attached hydrogen (secondary N) is 5. The van der Waals surface area contributed by atoms with E-state index >= 15 is 0 Å². The molecule has 26 heteroatoms. The van der Waals surface area contributed by atoms with Crippen molar-refractivity contribution < 1.29 is 58.5 Å². The molecule has 0 spiro atoms. The molecule has 0 aliphatic carbocycles. The summed E-state index contributed by atoms with van der Waals surface area (Å²) in [6, 6.07) is -8.68. The van der Waals surface area contributed by atoms with Crippen molar-refractivity contribution in [2.75, 3.05) is 25.1 Å². The van der Waals surface area contributed by atoms with Crippen LogP contribution in [-0.4, -0.2) is 142 Å².